The number of amides is 3. The second-order valence-electron chi connectivity index (χ2n) is 11.2. The molecule has 0 bridgehead atoms. The SMILES string of the molecule is Cc1ccccc1C1=NC2(CCCC2)C(=O)N1CC(=O)Nc1ccc2c(c1)C[C@@]1(C2)C(=O)Nc2ncccc21. The summed E-state index contributed by atoms with van der Waals surface area (Å²) >= 11 is 0. The number of aromatic nitrogens is 1. The minimum atomic E-state index is -0.743. The van der Waals surface area contributed by atoms with Gasteiger partial charge in [0.1, 0.15) is 23.7 Å². The lowest BCUT2D eigenvalue weighted by Crippen LogP contribution is -2.45. The number of carbonyl (C=O) groups excluding carboxylic acids is 3. The molecule has 0 unspecified atom stereocenters. The van der Waals surface area contributed by atoms with Gasteiger partial charge in [-0.3, -0.25) is 24.3 Å². The predicted octanol–water partition coefficient (Wildman–Crippen LogP) is 3.92. The molecule has 1 saturated carbocycles. The Bertz CT molecular complexity index is 1590. The normalized spacial score (nSPS) is 22.3. The number of carbonyl (C=O) groups is 3. The van der Waals surface area contributed by atoms with Gasteiger partial charge in [-0.25, -0.2) is 4.98 Å². The van der Waals surface area contributed by atoms with Crippen LogP contribution in [-0.4, -0.2) is 45.5 Å². The van der Waals surface area contributed by atoms with Crippen molar-refractivity contribution in [2.75, 3.05) is 17.2 Å². The molecule has 1 fully saturated rings. The number of nitrogens with zero attached hydrogens (tertiary/aromatic N) is 3. The molecule has 7 rings (SSSR count). The second-order valence-corrected chi connectivity index (χ2v) is 11.2. The second kappa shape index (κ2) is 8.59. The van der Waals surface area contributed by atoms with E-state index in [1.54, 1.807) is 11.1 Å². The number of hydrogen-bond donors (Lipinski definition) is 2. The van der Waals surface area contributed by atoms with Gasteiger partial charge in [-0.1, -0.05) is 49.2 Å². The molecule has 2 aliphatic heterocycles. The zero-order valence-corrected chi connectivity index (χ0v) is 21.8. The van der Waals surface area contributed by atoms with Gasteiger partial charge >= 0.3 is 0 Å². The lowest BCUT2D eigenvalue weighted by Gasteiger charge is -2.22. The number of aryl methyl sites for hydroxylation is 1. The van der Waals surface area contributed by atoms with E-state index in [2.05, 4.69) is 15.6 Å². The van der Waals surface area contributed by atoms with Gasteiger partial charge in [0.2, 0.25) is 11.8 Å². The summed E-state index contributed by atoms with van der Waals surface area (Å²) in [5.74, 6) is 0.828. The summed E-state index contributed by atoms with van der Waals surface area (Å²) in [5.41, 5.74) is 4.19. The lowest BCUT2D eigenvalue weighted by atomic mass is 9.79. The molecule has 1 aromatic heterocycles. The van der Waals surface area contributed by atoms with Crippen LogP contribution in [0.25, 0.3) is 0 Å². The molecule has 8 nitrogen and oxygen atoms in total. The molecule has 196 valence electrons. The standard InChI is InChI=1S/C31H29N5O3/c1-19-7-2-3-8-23(19)27-35-31(12-4-5-13-31)29(39)36(27)18-25(37)33-22-11-10-20-16-30(17-21(20)15-22)24-9-6-14-32-26(24)34-28(30)38/h2-3,6-11,14-15H,4-5,12-13,16-18H2,1H3,(H,33,37)(H,32,34,38)/t30-/m1/s1. The van der Waals surface area contributed by atoms with Crippen LogP contribution in [0.4, 0.5) is 11.5 Å². The van der Waals surface area contributed by atoms with E-state index in [9.17, 15) is 14.4 Å². The molecule has 2 spiro atoms. The number of benzene rings is 2. The molecular weight excluding hydrogens is 490 g/mol. The van der Waals surface area contributed by atoms with Crippen molar-refractivity contribution in [2.45, 2.75) is 56.4 Å². The molecule has 2 aromatic carbocycles. The Kier molecular flexibility index (Phi) is 5.24. The van der Waals surface area contributed by atoms with Crippen LogP contribution in [0.5, 0.6) is 0 Å². The third-order valence-electron chi connectivity index (χ3n) is 8.80. The predicted molar refractivity (Wildman–Crippen MR) is 148 cm³/mol. The summed E-state index contributed by atoms with van der Waals surface area (Å²) in [6.45, 7) is 1.90. The van der Waals surface area contributed by atoms with Gasteiger partial charge in [0.05, 0.1) is 5.41 Å². The van der Waals surface area contributed by atoms with Gasteiger partial charge in [0, 0.05) is 23.0 Å². The van der Waals surface area contributed by atoms with Crippen molar-refractivity contribution < 1.29 is 14.4 Å². The van der Waals surface area contributed by atoms with Gasteiger partial charge in [-0.05, 0) is 67.5 Å². The number of pyridine rings is 1. The van der Waals surface area contributed by atoms with Crippen LogP contribution in [0.2, 0.25) is 0 Å². The number of aliphatic imine (C=N–C) groups is 1. The number of hydrogen-bond acceptors (Lipinski definition) is 5. The smallest absolute Gasteiger partial charge is 0.256 e. The summed E-state index contributed by atoms with van der Waals surface area (Å²) in [7, 11) is 0. The van der Waals surface area contributed by atoms with Crippen molar-refractivity contribution in [1.82, 2.24) is 9.88 Å². The highest BCUT2D eigenvalue weighted by Crippen LogP contribution is 2.47. The van der Waals surface area contributed by atoms with Crippen LogP contribution in [0.15, 0.2) is 65.8 Å². The maximum Gasteiger partial charge on any atom is 0.256 e. The van der Waals surface area contributed by atoms with E-state index in [1.807, 2.05) is 61.5 Å². The van der Waals surface area contributed by atoms with Crippen molar-refractivity contribution in [3.63, 3.8) is 0 Å². The van der Waals surface area contributed by atoms with Crippen molar-refractivity contribution >= 4 is 35.1 Å². The minimum absolute atomic E-state index is 0.0330. The fourth-order valence-electron chi connectivity index (χ4n) is 6.81. The number of amidine groups is 1. The van der Waals surface area contributed by atoms with Crippen LogP contribution in [0, 0.1) is 6.92 Å². The molecule has 39 heavy (non-hydrogen) atoms. The molecule has 2 aliphatic carbocycles. The third kappa shape index (κ3) is 3.61. The average Bonchev–Trinajstić information content (AvgIpc) is 3.68. The first-order chi connectivity index (χ1) is 18.9. The summed E-state index contributed by atoms with van der Waals surface area (Å²) < 4.78 is 0. The Morgan fingerprint density at radius 2 is 1.82 bits per heavy atom. The molecule has 2 N–H and O–H groups in total. The highest BCUT2D eigenvalue weighted by atomic mass is 16.2. The maximum atomic E-state index is 13.6. The van der Waals surface area contributed by atoms with Gasteiger partial charge in [-0.15, -0.1) is 0 Å². The van der Waals surface area contributed by atoms with E-state index in [-0.39, 0.29) is 24.3 Å². The summed E-state index contributed by atoms with van der Waals surface area (Å²) in [6.07, 6.45) is 6.20. The van der Waals surface area contributed by atoms with E-state index in [0.29, 0.717) is 30.2 Å². The Hall–Kier alpha value is -4.33. The van der Waals surface area contributed by atoms with Gasteiger partial charge in [0.25, 0.3) is 5.91 Å². The van der Waals surface area contributed by atoms with Crippen LogP contribution in [-0.2, 0) is 32.6 Å². The number of fused-ring (bicyclic) bond motifs is 3. The monoisotopic (exact) mass is 519 g/mol. The topological polar surface area (TPSA) is 104 Å². The van der Waals surface area contributed by atoms with Crippen LogP contribution < -0.4 is 10.6 Å². The van der Waals surface area contributed by atoms with Crippen molar-refractivity contribution in [2.24, 2.45) is 4.99 Å². The Morgan fingerprint density at radius 3 is 2.64 bits per heavy atom. The van der Waals surface area contributed by atoms with E-state index in [0.717, 1.165) is 53.5 Å². The molecule has 1 atom stereocenters. The van der Waals surface area contributed by atoms with E-state index >= 15 is 0 Å². The fraction of sp³-hybridized carbons (Fsp3) is 0.323. The molecule has 0 saturated heterocycles. The first-order valence-corrected chi connectivity index (χ1v) is 13.6. The largest absolute Gasteiger partial charge is 0.325 e. The molecule has 4 aliphatic rings. The molecular formula is C31H29N5O3. The highest BCUT2D eigenvalue weighted by molar-refractivity contribution is 6.17. The van der Waals surface area contributed by atoms with Crippen molar-refractivity contribution in [3.05, 3.63) is 88.6 Å². The van der Waals surface area contributed by atoms with Gasteiger partial charge in [-0.2, -0.15) is 0 Å². The fourth-order valence-corrected chi connectivity index (χ4v) is 6.81. The molecule has 0 radical (unpaired) electrons. The lowest BCUT2D eigenvalue weighted by molar-refractivity contribution is -0.133. The number of rotatable bonds is 4. The van der Waals surface area contributed by atoms with Crippen molar-refractivity contribution in [1.29, 1.82) is 0 Å². The number of anilines is 2. The molecule has 3 heterocycles. The number of nitrogens with one attached hydrogen (secondary N) is 2. The minimum Gasteiger partial charge on any atom is -0.325 e. The maximum absolute atomic E-state index is 13.6. The highest BCUT2D eigenvalue weighted by Gasteiger charge is 2.52. The first-order valence-electron chi connectivity index (χ1n) is 13.6. The van der Waals surface area contributed by atoms with Crippen LogP contribution in [0.1, 0.15) is 53.5 Å². The van der Waals surface area contributed by atoms with Crippen LogP contribution in [0.3, 0.4) is 0 Å². The quantitative estimate of drug-likeness (QED) is 0.545. The van der Waals surface area contributed by atoms with E-state index in [4.69, 9.17) is 4.99 Å². The first kappa shape index (κ1) is 23.8. The summed E-state index contributed by atoms with van der Waals surface area (Å²) in [6, 6.07) is 17.5. The molecule has 3 amide bonds. The summed E-state index contributed by atoms with van der Waals surface area (Å²) in [5, 5.41) is 5.92. The molecule has 3 aromatic rings. The van der Waals surface area contributed by atoms with Crippen LogP contribution >= 0.6 is 0 Å². The summed E-state index contributed by atoms with van der Waals surface area (Å²) in [4.78, 5) is 50.8. The Balaban J connectivity index is 1.12. The average molecular weight is 520 g/mol. The molecule has 8 heteroatoms. The van der Waals surface area contributed by atoms with Crippen molar-refractivity contribution in [3.8, 4) is 0 Å². The van der Waals surface area contributed by atoms with Gasteiger partial charge < -0.3 is 10.6 Å². The zero-order chi connectivity index (χ0) is 26.8. The zero-order valence-electron chi connectivity index (χ0n) is 21.8. The van der Waals surface area contributed by atoms with E-state index < -0.39 is 11.0 Å². The Labute approximate surface area is 226 Å². The Morgan fingerprint density at radius 1 is 1.03 bits per heavy atom. The van der Waals surface area contributed by atoms with Gasteiger partial charge in [0.15, 0.2) is 0 Å². The third-order valence-corrected chi connectivity index (χ3v) is 8.80. The van der Waals surface area contributed by atoms with E-state index in [1.165, 1.54) is 0 Å².